The van der Waals surface area contributed by atoms with Crippen molar-refractivity contribution >= 4 is 39.8 Å². The summed E-state index contributed by atoms with van der Waals surface area (Å²) < 4.78 is 0. The monoisotopic (exact) mass is 386 g/mol. The van der Waals surface area contributed by atoms with E-state index in [2.05, 4.69) is 27.2 Å². The van der Waals surface area contributed by atoms with Crippen LogP contribution in [0.2, 0.25) is 0 Å². The third kappa shape index (κ3) is 4.08. The molecule has 27 heavy (non-hydrogen) atoms. The van der Waals surface area contributed by atoms with E-state index in [1.165, 1.54) is 23.6 Å². The number of likely N-dealkylation sites (tertiary alicyclic amines) is 1. The van der Waals surface area contributed by atoms with Crippen molar-refractivity contribution < 1.29 is 9.59 Å². The predicted octanol–water partition coefficient (Wildman–Crippen LogP) is 2.28. The minimum atomic E-state index is -0.651. The van der Waals surface area contributed by atoms with Crippen LogP contribution in [0.15, 0.2) is 30.3 Å². The molecule has 0 saturated carbocycles. The summed E-state index contributed by atoms with van der Waals surface area (Å²) in [6.45, 7) is 8.15. The Morgan fingerprint density at radius 1 is 1.48 bits per heavy atom. The van der Waals surface area contributed by atoms with E-state index in [0.29, 0.717) is 18.2 Å². The van der Waals surface area contributed by atoms with E-state index in [1.54, 1.807) is 4.90 Å². The molecule has 8 nitrogen and oxygen atoms in total. The van der Waals surface area contributed by atoms with Crippen LogP contribution in [0, 0.1) is 6.92 Å². The molecule has 0 aromatic carbocycles. The number of primary amides is 1. The molecule has 142 valence electrons. The Kier molecular flexibility index (Phi) is 5.41. The molecule has 1 aliphatic heterocycles. The minimum absolute atomic E-state index is 0.00975. The number of nitrogens with one attached hydrogen (secondary N) is 2. The van der Waals surface area contributed by atoms with E-state index in [1.807, 2.05) is 25.3 Å². The van der Waals surface area contributed by atoms with Crippen LogP contribution >= 0.6 is 11.3 Å². The number of hydrogen-bond donors (Lipinski definition) is 3. The van der Waals surface area contributed by atoms with Crippen LogP contribution < -0.4 is 16.4 Å². The van der Waals surface area contributed by atoms with Crippen molar-refractivity contribution in [3.63, 3.8) is 0 Å². The number of aromatic nitrogens is 2. The molecule has 0 aliphatic carbocycles. The summed E-state index contributed by atoms with van der Waals surface area (Å²) in [5.41, 5.74) is 6.61. The molecule has 0 radical (unpaired) electrons. The Bertz CT molecular complexity index is 880. The molecular weight excluding hydrogens is 364 g/mol. The second kappa shape index (κ2) is 7.75. The molecule has 0 unspecified atom stereocenters. The molecule has 2 aromatic rings. The smallest absolute Gasteiger partial charge is 0.271 e. The largest absolute Gasteiger partial charge is 0.364 e. The first-order valence-corrected chi connectivity index (χ1v) is 9.45. The van der Waals surface area contributed by atoms with Crippen molar-refractivity contribution in [1.29, 1.82) is 0 Å². The Morgan fingerprint density at radius 3 is 2.89 bits per heavy atom. The number of carbonyl (C=O) groups excluding carboxylic acids is 2. The summed E-state index contributed by atoms with van der Waals surface area (Å²) in [6, 6.07) is 1.97. The average Bonchev–Trinajstić information content (AvgIpc) is 3.20. The zero-order valence-corrected chi connectivity index (χ0v) is 16.0. The van der Waals surface area contributed by atoms with Crippen molar-refractivity contribution in [2.24, 2.45) is 5.73 Å². The number of rotatable bonds is 6. The zero-order valence-electron chi connectivity index (χ0n) is 15.2. The predicted molar refractivity (Wildman–Crippen MR) is 106 cm³/mol. The second-order valence-electron chi connectivity index (χ2n) is 6.45. The highest BCUT2D eigenvalue weighted by molar-refractivity contribution is 7.14. The van der Waals surface area contributed by atoms with Crippen molar-refractivity contribution in [3.8, 4) is 0 Å². The SMILES string of the molecule is C=CC(=O)N1CC[C@@H](Nc2cnc(C(N)=O)c(Nc3cc(C)cs3)n2)[C@H]1C. The van der Waals surface area contributed by atoms with Crippen molar-refractivity contribution in [1.82, 2.24) is 14.9 Å². The molecule has 0 spiro atoms. The normalized spacial score (nSPS) is 19.0. The summed E-state index contributed by atoms with van der Waals surface area (Å²) in [7, 11) is 0. The molecule has 3 heterocycles. The van der Waals surface area contributed by atoms with Gasteiger partial charge in [-0.1, -0.05) is 6.58 Å². The number of anilines is 3. The van der Waals surface area contributed by atoms with E-state index in [9.17, 15) is 9.59 Å². The number of hydrogen-bond acceptors (Lipinski definition) is 7. The summed E-state index contributed by atoms with van der Waals surface area (Å²) >= 11 is 1.50. The van der Waals surface area contributed by atoms with E-state index in [4.69, 9.17) is 5.73 Å². The van der Waals surface area contributed by atoms with Crippen LogP contribution in [-0.2, 0) is 4.79 Å². The van der Waals surface area contributed by atoms with Crippen molar-refractivity contribution in [2.45, 2.75) is 32.4 Å². The van der Waals surface area contributed by atoms with E-state index < -0.39 is 5.91 Å². The molecule has 9 heteroatoms. The summed E-state index contributed by atoms with van der Waals surface area (Å²) in [5.74, 6) is 0.0822. The number of thiophene rings is 1. The van der Waals surface area contributed by atoms with Gasteiger partial charge in [0, 0.05) is 18.6 Å². The van der Waals surface area contributed by atoms with Gasteiger partial charge in [-0.2, -0.15) is 0 Å². The minimum Gasteiger partial charge on any atom is -0.364 e. The molecule has 3 rings (SSSR count). The summed E-state index contributed by atoms with van der Waals surface area (Å²) in [6.07, 6.45) is 3.59. The highest BCUT2D eigenvalue weighted by atomic mass is 32.1. The Morgan fingerprint density at radius 2 is 2.26 bits per heavy atom. The van der Waals surface area contributed by atoms with E-state index >= 15 is 0 Å². The second-order valence-corrected chi connectivity index (χ2v) is 7.36. The molecule has 2 aromatic heterocycles. The third-order valence-corrected chi connectivity index (χ3v) is 5.49. The molecule has 0 bridgehead atoms. The fourth-order valence-electron chi connectivity index (χ4n) is 3.09. The van der Waals surface area contributed by atoms with E-state index in [-0.39, 0.29) is 23.7 Å². The van der Waals surface area contributed by atoms with Gasteiger partial charge in [-0.15, -0.1) is 11.3 Å². The van der Waals surface area contributed by atoms with Crippen molar-refractivity contribution in [2.75, 3.05) is 17.2 Å². The first-order valence-electron chi connectivity index (χ1n) is 8.57. The van der Waals surface area contributed by atoms with Gasteiger partial charge in [0.05, 0.1) is 11.2 Å². The summed E-state index contributed by atoms with van der Waals surface area (Å²) in [5, 5.41) is 9.26. The molecule has 4 N–H and O–H groups in total. The summed E-state index contributed by atoms with van der Waals surface area (Å²) in [4.78, 5) is 34.0. The van der Waals surface area contributed by atoms with Gasteiger partial charge < -0.3 is 21.3 Å². The van der Waals surface area contributed by atoms with Gasteiger partial charge in [0.2, 0.25) is 5.91 Å². The lowest BCUT2D eigenvalue weighted by Gasteiger charge is -2.24. The van der Waals surface area contributed by atoms with Gasteiger partial charge in [-0.05, 0) is 43.4 Å². The topological polar surface area (TPSA) is 113 Å². The lowest BCUT2D eigenvalue weighted by atomic mass is 10.1. The molecule has 2 atom stereocenters. The maximum absolute atomic E-state index is 11.9. The maximum atomic E-state index is 11.9. The number of carbonyl (C=O) groups is 2. The lowest BCUT2D eigenvalue weighted by Crippen LogP contribution is -2.39. The number of nitrogens with zero attached hydrogens (tertiary/aromatic N) is 3. The zero-order chi connectivity index (χ0) is 19.6. The molecule has 2 amide bonds. The van der Waals surface area contributed by atoms with Crippen LogP contribution in [-0.4, -0.2) is 45.3 Å². The van der Waals surface area contributed by atoms with Crippen molar-refractivity contribution in [3.05, 3.63) is 41.6 Å². The van der Waals surface area contributed by atoms with Gasteiger partial charge in [-0.3, -0.25) is 9.59 Å². The first kappa shape index (κ1) is 18.8. The molecule has 1 saturated heterocycles. The van der Waals surface area contributed by atoms with Gasteiger partial charge in [0.15, 0.2) is 11.5 Å². The van der Waals surface area contributed by atoms with Gasteiger partial charge >= 0.3 is 0 Å². The van der Waals surface area contributed by atoms with Gasteiger partial charge in [0.1, 0.15) is 5.82 Å². The number of amides is 2. The Hall–Kier alpha value is -2.94. The average molecular weight is 386 g/mol. The quantitative estimate of drug-likeness (QED) is 0.657. The molecule has 1 fully saturated rings. The Labute approximate surface area is 161 Å². The van der Waals surface area contributed by atoms with Gasteiger partial charge in [-0.25, -0.2) is 9.97 Å². The Balaban J connectivity index is 1.80. The van der Waals surface area contributed by atoms with Crippen LogP contribution in [0.4, 0.5) is 16.6 Å². The fourth-order valence-corrected chi connectivity index (χ4v) is 3.88. The molecular formula is C18H22N6O2S. The van der Waals surface area contributed by atoms with Crippen LogP contribution in [0.25, 0.3) is 0 Å². The first-order chi connectivity index (χ1) is 12.9. The highest BCUT2D eigenvalue weighted by Crippen LogP contribution is 2.26. The standard InChI is InChI=1S/C18H22N6O2S/c1-4-15(25)24-6-5-12(11(24)3)21-13-8-20-16(17(19)26)18(22-13)23-14-7-10(2)9-27-14/h4,7-9,11-12H,1,5-6H2,2-3H3,(H2,19,26)(H2,21,22,23)/t11-,12-/m1/s1. The van der Waals surface area contributed by atoms with Crippen LogP contribution in [0.1, 0.15) is 29.4 Å². The number of aryl methyl sites for hydroxylation is 1. The molecule has 1 aliphatic rings. The van der Waals surface area contributed by atoms with E-state index in [0.717, 1.165) is 17.0 Å². The van der Waals surface area contributed by atoms with Crippen LogP contribution in [0.3, 0.4) is 0 Å². The maximum Gasteiger partial charge on any atom is 0.271 e. The lowest BCUT2D eigenvalue weighted by molar-refractivity contribution is -0.126. The van der Waals surface area contributed by atoms with Gasteiger partial charge in [0.25, 0.3) is 5.91 Å². The van der Waals surface area contributed by atoms with Crippen LogP contribution in [0.5, 0.6) is 0 Å². The number of nitrogens with two attached hydrogens (primary N) is 1. The fraction of sp³-hybridized carbons (Fsp3) is 0.333. The highest BCUT2D eigenvalue weighted by Gasteiger charge is 2.33. The third-order valence-electron chi connectivity index (χ3n) is 4.52.